The van der Waals surface area contributed by atoms with Crippen molar-refractivity contribution in [3.63, 3.8) is 0 Å². The molecule has 4 atom stereocenters. The Labute approximate surface area is 169 Å². The van der Waals surface area contributed by atoms with Crippen LogP contribution in [0.5, 0.6) is 0 Å². The lowest BCUT2D eigenvalue weighted by Crippen LogP contribution is -2.43. The third-order valence-electron chi connectivity index (χ3n) is 7.51. The predicted octanol–water partition coefficient (Wildman–Crippen LogP) is 6.14. The van der Waals surface area contributed by atoms with Crippen molar-refractivity contribution in [1.82, 2.24) is 0 Å². The molecule has 0 amide bonds. The van der Waals surface area contributed by atoms with Crippen molar-refractivity contribution >= 4 is 21.5 Å². The normalized spacial score (nSPS) is 26.2. The summed E-state index contributed by atoms with van der Waals surface area (Å²) in [4.78, 5) is 0. The lowest BCUT2D eigenvalue weighted by molar-refractivity contribution is 0.107. The standard InChI is InChI=1S/C27H19NO/c28-12-21-25-19-6-2-1-4-17(19)13-29-14-18-11-10-16-9-8-15-5-3-7-20-22(15)23(16)24(18)27(25)26(20)21/h1-11,21,25-27H,13-14H2/t21-,25+,26-,27+/m1/s1. The molecule has 4 aromatic rings. The SMILES string of the molecule is N#C[C@H]1[C@H]2c3cccc4ccc5ccc6c(c5c34)[C@H]2[C@H]1c1ccccc1COC6. The molecule has 2 aliphatic carbocycles. The first-order chi connectivity index (χ1) is 14.4. The summed E-state index contributed by atoms with van der Waals surface area (Å²) >= 11 is 0. The maximum absolute atomic E-state index is 10.2. The van der Waals surface area contributed by atoms with E-state index in [4.69, 9.17) is 4.74 Å². The van der Waals surface area contributed by atoms with E-state index in [9.17, 15) is 5.26 Å². The van der Waals surface area contributed by atoms with Crippen LogP contribution in [-0.2, 0) is 18.0 Å². The number of nitrogens with zero attached hydrogens (tertiary/aromatic N) is 1. The zero-order valence-corrected chi connectivity index (χ0v) is 15.9. The largest absolute Gasteiger partial charge is 0.372 e. The average molecular weight is 373 g/mol. The summed E-state index contributed by atoms with van der Waals surface area (Å²) in [5.41, 5.74) is 6.63. The van der Waals surface area contributed by atoms with Crippen molar-refractivity contribution in [3.8, 4) is 6.07 Å². The molecule has 1 heterocycles. The van der Waals surface area contributed by atoms with Crippen molar-refractivity contribution < 1.29 is 4.74 Å². The molecule has 0 unspecified atom stereocenters. The molecule has 0 bridgehead atoms. The summed E-state index contributed by atoms with van der Waals surface area (Å²) < 4.78 is 6.19. The topological polar surface area (TPSA) is 33.0 Å². The van der Waals surface area contributed by atoms with Gasteiger partial charge in [-0.3, -0.25) is 0 Å². The molecular formula is C27H19NO. The lowest BCUT2D eigenvalue weighted by atomic mass is 9.48. The minimum atomic E-state index is 0.00122. The highest BCUT2D eigenvalue weighted by Crippen LogP contribution is 2.67. The monoisotopic (exact) mass is 373 g/mol. The third-order valence-corrected chi connectivity index (χ3v) is 7.51. The molecule has 4 aromatic carbocycles. The Morgan fingerprint density at radius 1 is 0.690 bits per heavy atom. The van der Waals surface area contributed by atoms with E-state index >= 15 is 0 Å². The second-order valence-corrected chi connectivity index (χ2v) is 8.67. The van der Waals surface area contributed by atoms with E-state index in [1.54, 1.807) is 0 Å². The molecule has 2 nitrogen and oxygen atoms in total. The highest BCUT2D eigenvalue weighted by Gasteiger charge is 2.56. The maximum atomic E-state index is 10.2. The van der Waals surface area contributed by atoms with Crippen LogP contribution in [0.4, 0.5) is 0 Å². The van der Waals surface area contributed by atoms with Crippen LogP contribution in [-0.4, -0.2) is 0 Å². The molecule has 2 heteroatoms. The van der Waals surface area contributed by atoms with E-state index in [1.807, 2.05) is 0 Å². The van der Waals surface area contributed by atoms with E-state index in [2.05, 4.69) is 72.8 Å². The van der Waals surface area contributed by atoms with Gasteiger partial charge in [0.2, 0.25) is 0 Å². The lowest BCUT2D eigenvalue weighted by Gasteiger charge is -2.53. The van der Waals surface area contributed by atoms with Crippen LogP contribution < -0.4 is 0 Å². The van der Waals surface area contributed by atoms with E-state index in [-0.39, 0.29) is 17.8 Å². The van der Waals surface area contributed by atoms with E-state index in [0.29, 0.717) is 19.1 Å². The van der Waals surface area contributed by atoms with Gasteiger partial charge in [0.25, 0.3) is 0 Å². The Kier molecular flexibility index (Phi) is 2.97. The van der Waals surface area contributed by atoms with Crippen molar-refractivity contribution in [2.45, 2.75) is 31.0 Å². The summed E-state index contributed by atoms with van der Waals surface area (Å²) in [5.74, 6) is 0.845. The van der Waals surface area contributed by atoms with Gasteiger partial charge in [0.1, 0.15) is 0 Å². The minimum Gasteiger partial charge on any atom is -0.372 e. The van der Waals surface area contributed by atoms with E-state index in [1.165, 1.54) is 49.4 Å². The van der Waals surface area contributed by atoms with Crippen molar-refractivity contribution in [2.24, 2.45) is 5.92 Å². The number of hydrogen-bond donors (Lipinski definition) is 0. The highest BCUT2D eigenvalue weighted by molar-refractivity contribution is 6.13. The third kappa shape index (κ3) is 1.85. The van der Waals surface area contributed by atoms with Gasteiger partial charge in [-0.15, -0.1) is 0 Å². The quantitative estimate of drug-likeness (QED) is 0.347. The van der Waals surface area contributed by atoms with Gasteiger partial charge in [-0.25, -0.2) is 0 Å². The van der Waals surface area contributed by atoms with Gasteiger partial charge in [0.05, 0.1) is 25.2 Å². The van der Waals surface area contributed by atoms with Crippen LogP contribution >= 0.6 is 0 Å². The Hall–Kier alpha value is -3.15. The zero-order chi connectivity index (χ0) is 19.1. The smallest absolute Gasteiger partial charge is 0.0724 e. The maximum Gasteiger partial charge on any atom is 0.0724 e. The molecule has 0 spiro atoms. The molecule has 0 radical (unpaired) electrons. The fourth-order valence-electron chi connectivity index (χ4n) is 6.38. The van der Waals surface area contributed by atoms with Crippen LogP contribution in [0.3, 0.4) is 0 Å². The summed E-state index contributed by atoms with van der Waals surface area (Å²) in [6.45, 7) is 1.24. The van der Waals surface area contributed by atoms with Gasteiger partial charge in [-0.1, -0.05) is 66.7 Å². The van der Waals surface area contributed by atoms with Crippen molar-refractivity contribution in [2.75, 3.05) is 0 Å². The Balaban J connectivity index is 1.65. The van der Waals surface area contributed by atoms with Crippen molar-refractivity contribution in [3.05, 3.63) is 94.5 Å². The number of rotatable bonds is 0. The van der Waals surface area contributed by atoms with Crippen LogP contribution in [0.1, 0.15) is 45.6 Å². The first-order valence-corrected chi connectivity index (χ1v) is 10.4. The van der Waals surface area contributed by atoms with Gasteiger partial charge < -0.3 is 4.74 Å². The van der Waals surface area contributed by atoms with Gasteiger partial charge in [-0.2, -0.15) is 5.26 Å². The van der Waals surface area contributed by atoms with Gasteiger partial charge in [-0.05, 0) is 49.4 Å². The predicted molar refractivity (Wildman–Crippen MR) is 114 cm³/mol. The molecule has 3 aliphatic rings. The van der Waals surface area contributed by atoms with Gasteiger partial charge >= 0.3 is 0 Å². The molecule has 1 aliphatic heterocycles. The van der Waals surface area contributed by atoms with E-state index in [0.717, 1.165) is 0 Å². The number of ether oxygens (including phenoxy) is 1. The number of benzene rings is 4. The van der Waals surface area contributed by atoms with Crippen LogP contribution in [0.25, 0.3) is 21.5 Å². The summed E-state index contributed by atoms with van der Waals surface area (Å²) in [7, 11) is 0. The second kappa shape index (κ2) is 5.47. The number of nitriles is 1. The Morgan fingerprint density at radius 3 is 2.31 bits per heavy atom. The fourth-order valence-corrected chi connectivity index (χ4v) is 6.38. The van der Waals surface area contributed by atoms with Gasteiger partial charge in [0.15, 0.2) is 0 Å². The summed E-state index contributed by atoms with van der Waals surface area (Å²) in [6.07, 6.45) is 0. The highest BCUT2D eigenvalue weighted by atomic mass is 16.5. The molecule has 29 heavy (non-hydrogen) atoms. The van der Waals surface area contributed by atoms with Crippen molar-refractivity contribution in [1.29, 1.82) is 5.26 Å². The first-order valence-electron chi connectivity index (χ1n) is 10.4. The second-order valence-electron chi connectivity index (χ2n) is 8.67. The van der Waals surface area contributed by atoms with Crippen LogP contribution in [0.15, 0.2) is 66.7 Å². The number of fused-ring (bicyclic) bond motifs is 3. The average Bonchev–Trinajstić information content (AvgIpc) is 2.80. The Bertz CT molecular complexity index is 1380. The van der Waals surface area contributed by atoms with Crippen LogP contribution in [0.2, 0.25) is 0 Å². The molecule has 1 fully saturated rings. The first kappa shape index (κ1) is 15.7. The minimum absolute atomic E-state index is 0.00122. The molecule has 7 rings (SSSR count). The molecular weight excluding hydrogens is 354 g/mol. The molecule has 1 saturated carbocycles. The van der Waals surface area contributed by atoms with Crippen LogP contribution in [0, 0.1) is 17.2 Å². The molecule has 138 valence electrons. The van der Waals surface area contributed by atoms with E-state index < -0.39 is 0 Å². The van der Waals surface area contributed by atoms with Gasteiger partial charge in [0, 0.05) is 17.8 Å². The summed E-state index contributed by atoms with van der Waals surface area (Å²) in [6, 6.07) is 26.9. The number of hydrogen-bond acceptors (Lipinski definition) is 2. The molecule has 0 saturated heterocycles. The molecule has 0 aromatic heterocycles. The summed E-state index contributed by atoms with van der Waals surface area (Å²) in [5, 5.41) is 15.5. The zero-order valence-electron chi connectivity index (χ0n) is 15.9. The Morgan fingerprint density at radius 2 is 1.41 bits per heavy atom. The fraction of sp³-hybridized carbons (Fsp3) is 0.222. The molecule has 0 N–H and O–H groups in total.